The summed E-state index contributed by atoms with van der Waals surface area (Å²) in [6, 6.07) is 8.76. The van der Waals surface area contributed by atoms with Crippen LogP contribution >= 0.6 is 11.6 Å². The molecule has 1 aromatic carbocycles. The molecule has 0 radical (unpaired) electrons. The second-order valence-electron chi connectivity index (χ2n) is 4.32. The molecule has 2 aromatic rings. The van der Waals surface area contributed by atoms with Gasteiger partial charge in [-0.15, -0.1) is 0 Å². The van der Waals surface area contributed by atoms with Gasteiger partial charge in [-0.2, -0.15) is 0 Å². The van der Waals surface area contributed by atoms with Crippen LogP contribution in [0.15, 0.2) is 34.9 Å². The minimum Gasteiger partial charge on any atom is -0.360 e. The highest BCUT2D eigenvalue weighted by Gasteiger charge is 2.28. The molecule has 1 aromatic heterocycles. The first-order chi connectivity index (χ1) is 8.74. The lowest BCUT2D eigenvalue weighted by molar-refractivity contribution is 0.101. The lowest BCUT2D eigenvalue weighted by Gasteiger charge is -2.03. The van der Waals surface area contributed by atoms with Crippen LogP contribution in [0, 0.1) is 0 Å². The van der Waals surface area contributed by atoms with Crippen LogP contribution in [0.4, 0.5) is 5.69 Å². The van der Waals surface area contributed by atoms with Crippen molar-refractivity contribution in [2.75, 3.05) is 5.32 Å². The summed E-state index contributed by atoms with van der Waals surface area (Å²) in [4.78, 5) is 11.9. The van der Waals surface area contributed by atoms with Crippen LogP contribution in [-0.4, -0.2) is 11.1 Å². The number of carbonyl (C=O) groups excluding carboxylic acids is 1. The molecule has 1 saturated carbocycles. The fourth-order valence-electron chi connectivity index (χ4n) is 1.71. The van der Waals surface area contributed by atoms with Gasteiger partial charge in [0.15, 0.2) is 5.69 Å². The minimum absolute atomic E-state index is 0.289. The van der Waals surface area contributed by atoms with E-state index in [2.05, 4.69) is 10.5 Å². The van der Waals surface area contributed by atoms with Gasteiger partial charge in [0.25, 0.3) is 5.91 Å². The SMILES string of the molecule is O=C(Nc1ccccc1Cl)c1cc(C2CC2)on1. The molecule has 1 fully saturated rings. The molecule has 1 heterocycles. The van der Waals surface area contributed by atoms with Crippen molar-refractivity contribution in [3.8, 4) is 0 Å². The normalized spacial score (nSPS) is 14.5. The summed E-state index contributed by atoms with van der Waals surface area (Å²) in [6.45, 7) is 0. The third-order valence-electron chi connectivity index (χ3n) is 2.86. The number of aromatic nitrogens is 1. The number of benzene rings is 1. The fraction of sp³-hybridized carbons (Fsp3) is 0.231. The highest BCUT2D eigenvalue weighted by atomic mass is 35.5. The Morgan fingerprint density at radius 2 is 2.17 bits per heavy atom. The van der Waals surface area contributed by atoms with E-state index in [0.29, 0.717) is 16.6 Å². The predicted octanol–water partition coefficient (Wildman–Crippen LogP) is 3.46. The number of hydrogen-bond acceptors (Lipinski definition) is 3. The quantitative estimate of drug-likeness (QED) is 0.922. The smallest absolute Gasteiger partial charge is 0.277 e. The lowest BCUT2D eigenvalue weighted by Crippen LogP contribution is -2.12. The fourth-order valence-corrected chi connectivity index (χ4v) is 1.89. The Labute approximate surface area is 109 Å². The average molecular weight is 263 g/mol. The number of nitrogens with zero attached hydrogens (tertiary/aromatic N) is 1. The number of nitrogens with one attached hydrogen (secondary N) is 1. The van der Waals surface area contributed by atoms with Gasteiger partial charge in [-0.05, 0) is 25.0 Å². The van der Waals surface area contributed by atoms with Crippen molar-refractivity contribution in [1.82, 2.24) is 5.16 Å². The number of halogens is 1. The molecule has 4 nitrogen and oxygen atoms in total. The van der Waals surface area contributed by atoms with Crippen molar-refractivity contribution < 1.29 is 9.32 Å². The first-order valence-electron chi connectivity index (χ1n) is 5.76. The monoisotopic (exact) mass is 262 g/mol. The third-order valence-corrected chi connectivity index (χ3v) is 3.19. The summed E-state index contributed by atoms with van der Waals surface area (Å²) in [5, 5.41) is 6.98. The van der Waals surface area contributed by atoms with E-state index in [4.69, 9.17) is 16.1 Å². The van der Waals surface area contributed by atoms with Gasteiger partial charge in [0.2, 0.25) is 0 Å². The van der Waals surface area contributed by atoms with Crippen LogP contribution in [0.5, 0.6) is 0 Å². The molecule has 1 aliphatic carbocycles. The van der Waals surface area contributed by atoms with Crippen molar-refractivity contribution in [3.63, 3.8) is 0 Å². The molecular weight excluding hydrogens is 252 g/mol. The number of rotatable bonds is 3. The van der Waals surface area contributed by atoms with E-state index in [1.54, 1.807) is 30.3 Å². The molecule has 18 heavy (non-hydrogen) atoms. The van der Waals surface area contributed by atoms with Crippen molar-refractivity contribution in [1.29, 1.82) is 0 Å². The second-order valence-corrected chi connectivity index (χ2v) is 4.73. The van der Waals surface area contributed by atoms with E-state index in [1.807, 2.05) is 0 Å². The summed E-state index contributed by atoms with van der Waals surface area (Å²) in [7, 11) is 0. The summed E-state index contributed by atoms with van der Waals surface area (Å²) < 4.78 is 5.13. The zero-order valence-electron chi connectivity index (χ0n) is 9.52. The largest absolute Gasteiger partial charge is 0.360 e. The van der Waals surface area contributed by atoms with Crippen LogP contribution in [0.2, 0.25) is 5.02 Å². The van der Waals surface area contributed by atoms with Crippen LogP contribution in [-0.2, 0) is 0 Å². The standard InChI is InChI=1S/C13H11ClN2O2/c14-9-3-1-2-4-10(9)15-13(17)11-7-12(18-16-11)8-5-6-8/h1-4,7-8H,5-6H2,(H,15,17). The first-order valence-corrected chi connectivity index (χ1v) is 6.14. The Hall–Kier alpha value is -1.81. The van der Waals surface area contributed by atoms with Gasteiger partial charge in [-0.3, -0.25) is 4.79 Å². The zero-order chi connectivity index (χ0) is 12.5. The number of hydrogen-bond donors (Lipinski definition) is 1. The molecule has 5 heteroatoms. The van der Waals surface area contributed by atoms with Crippen LogP contribution in [0.3, 0.4) is 0 Å². The van der Waals surface area contributed by atoms with Gasteiger partial charge in [-0.1, -0.05) is 28.9 Å². The van der Waals surface area contributed by atoms with Gasteiger partial charge in [-0.25, -0.2) is 0 Å². The van der Waals surface area contributed by atoms with E-state index in [-0.39, 0.29) is 11.6 Å². The van der Waals surface area contributed by atoms with Gasteiger partial charge in [0.05, 0.1) is 10.7 Å². The average Bonchev–Trinajstić information content (AvgIpc) is 3.10. The van der Waals surface area contributed by atoms with Crippen LogP contribution in [0.1, 0.15) is 35.0 Å². The molecule has 0 aliphatic heterocycles. The molecular formula is C13H11ClN2O2. The Balaban J connectivity index is 1.76. The minimum atomic E-state index is -0.307. The zero-order valence-corrected chi connectivity index (χ0v) is 10.3. The molecule has 0 spiro atoms. The number of anilines is 1. The van der Waals surface area contributed by atoms with Crippen LogP contribution in [0.25, 0.3) is 0 Å². The van der Waals surface area contributed by atoms with Gasteiger partial charge < -0.3 is 9.84 Å². The van der Waals surface area contributed by atoms with Gasteiger partial charge in [0, 0.05) is 12.0 Å². The topological polar surface area (TPSA) is 55.1 Å². The van der Waals surface area contributed by atoms with E-state index in [0.717, 1.165) is 18.6 Å². The molecule has 1 amide bonds. The highest BCUT2D eigenvalue weighted by Crippen LogP contribution is 2.40. The van der Waals surface area contributed by atoms with Gasteiger partial charge >= 0.3 is 0 Å². The third kappa shape index (κ3) is 2.24. The van der Waals surface area contributed by atoms with E-state index >= 15 is 0 Å². The molecule has 0 unspecified atom stereocenters. The Morgan fingerprint density at radius 1 is 1.39 bits per heavy atom. The Morgan fingerprint density at radius 3 is 2.89 bits per heavy atom. The maximum Gasteiger partial charge on any atom is 0.277 e. The lowest BCUT2D eigenvalue weighted by atomic mass is 10.2. The first kappa shape index (κ1) is 11.3. The Kier molecular flexibility index (Phi) is 2.80. The predicted molar refractivity (Wildman–Crippen MR) is 67.9 cm³/mol. The molecule has 0 bridgehead atoms. The van der Waals surface area contributed by atoms with Crippen molar-refractivity contribution in [3.05, 3.63) is 46.8 Å². The summed E-state index contributed by atoms with van der Waals surface area (Å²) >= 11 is 5.96. The summed E-state index contributed by atoms with van der Waals surface area (Å²) in [5.41, 5.74) is 0.858. The van der Waals surface area contributed by atoms with E-state index < -0.39 is 0 Å². The summed E-state index contributed by atoms with van der Waals surface area (Å²) in [5.74, 6) is 0.928. The van der Waals surface area contributed by atoms with Crippen molar-refractivity contribution in [2.24, 2.45) is 0 Å². The van der Waals surface area contributed by atoms with Crippen LogP contribution < -0.4 is 5.32 Å². The number of para-hydroxylation sites is 1. The van der Waals surface area contributed by atoms with E-state index in [9.17, 15) is 4.79 Å². The van der Waals surface area contributed by atoms with Gasteiger partial charge in [0.1, 0.15) is 5.76 Å². The number of carbonyl (C=O) groups is 1. The van der Waals surface area contributed by atoms with E-state index in [1.165, 1.54) is 0 Å². The molecule has 0 saturated heterocycles. The number of amides is 1. The molecule has 0 atom stereocenters. The Bertz CT molecular complexity index is 590. The molecule has 3 rings (SSSR count). The molecule has 1 aliphatic rings. The maximum absolute atomic E-state index is 11.9. The van der Waals surface area contributed by atoms with Crippen molar-refractivity contribution in [2.45, 2.75) is 18.8 Å². The second kappa shape index (κ2) is 4.46. The molecule has 1 N–H and O–H groups in total. The highest BCUT2D eigenvalue weighted by molar-refractivity contribution is 6.33. The maximum atomic E-state index is 11.9. The van der Waals surface area contributed by atoms with Crippen molar-refractivity contribution >= 4 is 23.2 Å². The summed E-state index contributed by atoms with van der Waals surface area (Å²) in [6.07, 6.45) is 2.22. The molecule has 92 valence electrons.